The summed E-state index contributed by atoms with van der Waals surface area (Å²) in [5, 5.41) is 8.91. The van der Waals surface area contributed by atoms with Gasteiger partial charge in [0.2, 0.25) is 5.91 Å². The molecule has 18 heavy (non-hydrogen) atoms. The summed E-state index contributed by atoms with van der Waals surface area (Å²) in [6.07, 6.45) is 4.39. The number of nitrogens with zero attached hydrogens (tertiary/aromatic N) is 1. The molecule has 1 N–H and O–H groups in total. The van der Waals surface area contributed by atoms with Crippen molar-refractivity contribution >= 4 is 11.9 Å². The third kappa shape index (κ3) is 4.64. The van der Waals surface area contributed by atoms with Crippen LogP contribution in [-0.2, 0) is 14.3 Å². The van der Waals surface area contributed by atoms with Gasteiger partial charge < -0.3 is 14.7 Å². The van der Waals surface area contributed by atoms with Crippen LogP contribution in [0.5, 0.6) is 0 Å². The van der Waals surface area contributed by atoms with Crippen LogP contribution >= 0.6 is 0 Å². The van der Waals surface area contributed by atoms with Crippen molar-refractivity contribution in [2.24, 2.45) is 5.92 Å². The number of rotatable bonds is 7. The zero-order chi connectivity index (χ0) is 13.5. The van der Waals surface area contributed by atoms with Crippen molar-refractivity contribution in [2.45, 2.75) is 45.1 Å². The van der Waals surface area contributed by atoms with Gasteiger partial charge in [-0.25, -0.2) is 0 Å². The molecule has 1 saturated carbocycles. The quantitative estimate of drug-likeness (QED) is 0.751. The van der Waals surface area contributed by atoms with Gasteiger partial charge in [-0.15, -0.1) is 0 Å². The highest BCUT2D eigenvalue weighted by atomic mass is 16.5. The molecule has 1 fully saturated rings. The first-order chi connectivity index (χ1) is 8.54. The minimum atomic E-state index is -0.936. The number of methoxy groups -OCH3 is 1. The van der Waals surface area contributed by atoms with Crippen molar-refractivity contribution in [3.63, 3.8) is 0 Å². The molecule has 1 amide bonds. The van der Waals surface area contributed by atoms with Crippen LogP contribution in [0.1, 0.15) is 39.0 Å². The monoisotopic (exact) mass is 257 g/mol. The van der Waals surface area contributed by atoms with Gasteiger partial charge in [0.1, 0.15) is 6.54 Å². The fraction of sp³-hybridized carbons (Fsp3) is 0.846. The lowest BCUT2D eigenvalue weighted by molar-refractivity contribution is -0.146. The number of hydrogen-bond donors (Lipinski definition) is 1. The van der Waals surface area contributed by atoms with E-state index in [1.54, 1.807) is 12.0 Å². The minimum Gasteiger partial charge on any atom is -0.480 e. The maximum absolute atomic E-state index is 12.2. The molecule has 5 heteroatoms. The number of carboxylic acid groups (broad SMARTS) is 1. The SMILES string of the molecule is COCC(C)CC(=O)N(CC(=O)O)C1CCCC1. The van der Waals surface area contributed by atoms with Gasteiger partial charge in [-0.05, 0) is 18.8 Å². The molecule has 0 aromatic heterocycles. The number of carboxylic acids is 1. The van der Waals surface area contributed by atoms with Crippen LogP contribution in [0.2, 0.25) is 0 Å². The number of aliphatic carboxylic acids is 1. The first-order valence-electron chi connectivity index (χ1n) is 6.54. The highest BCUT2D eigenvalue weighted by Crippen LogP contribution is 2.24. The van der Waals surface area contributed by atoms with E-state index in [9.17, 15) is 9.59 Å². The summed E-state index contributed by atoms with van der Waals surface area (Å²) in [5.41, 5.74) is 0. The van der Waals surface area contributed by atoms with E-state index < -0.39 is 5.97 Å². The highest BCUT2D eigenvalue weighted by molar-refractivity contribution is 5.81. The zero-order valence-corrected chi connectivity index (χ0v) is 11.2. The topological polar surface area (TPSA) is 66.8 Å². The Hall–Kier alpha value is -1.10. The Morgan fingerprint density at radius 1 is 1.39 bits per heavy atom. The Kier molecular flexibility index (Phi) is 6.12. The van der Waals surface area contributed by atoms with Crippen molar-refractivity contribution < 1.29 is 19.4 Å². The Bertz CT molecular complexity index is 287. The molecular formula is C13H23NO4. The molecule has 0 radical (unpaired) electrons. The van der Waals surface area contributed by atoms with Gasteiger partial charge in [0, 0.05) is 26.2 Å². The Balaban J connectivity index is 2.57. The number of ether oxygens (including phenoxy) is 1. The van der Waals surface area contributed by atoms with Gasteiger partial charge in [-0.2, -0.15) is 0 Å². The fourth-order valence-electron chi connectivity index (χ4n) is 2.54. The maximum Gasteiger partial charge on any atom is 0.323 e. The predicted octanol–water partition coefficient (Wildman–Crippen LogP) is 1.51. The van der Waals surface area contributed by atoms with Gasteiger partial charge in [-0.3, -0.25) is 9.59 Å². The van der Waals surface area contributed by atoms with E-state index in [1.807, 2.05) is 6.92 Å². The van der Waals surface area contributed by atoms with Crippen molar-refractivity contribution in [3.8, 4) is 0 Å². The van der Waals surface area contributed by atoms with Crippen molar-refractivity contribution in [1.82, 2.24) is 4.90 Å². The van der Waals surface area contributed by atoms with Crippen molar-refractivity contribution in [2.75, 3.05) is 20.3 Å². The molecule has 104 valence electrons. The Labute approximate surface area is 108 Å². The average Bonchev–Trinajstić information content (AvgIpc) is 2.78. The molecule has 1 aliphatic carbocycles. The summed E-state index contributed by atoms with van der Waals surface area (Å²) >= 11 is 0. The van der Waals surface area contributed by atoms with Gasteiger partial charge >= 0.3 is 5.97 Å². The second-order valence-corrected chi connectivity index (χ2v) is 5.12. The molecule has 5 nitrogen and oxygen atoms in total. The second kappa shape index (κ2) is 7.36. The molecule has 1 unspecified atom stereocenters. The van der Waals surface area contributed by atoms with Crippen LogP contribution in [0.25, 0.3) is 0 Å². The van der Waals surface area contributed by atoms with Crippen LogP contribution in [0.4, 0.5) is 0 Å². The Morgan fingerprint density at radius 2 is 2.00 bits per heavy atom. The van der Waals surface area contributed by atoms with Gasteiger partial charge in [0.15, 0.2) is 0 Å². The molecule has 1 atom stereocenters. The summed E-state index contributed by atoms with van der Waals surface area (Å²) in [6.45, 7) is 2.29. The molecule has 1 aliphatic rings. The van der Waals surface area contributed by atoms with Crippen LogP contribution in [0.3, 0.4) is 0 Å². The molecule has 1 rings (SSSR count). The number of carbonyl (C=O) groups is 2. The first-order valence-corrected chi connectivity index (χ1v) is 6.54. The number of carbonyl (C=O) groups excluding carboxylic acids is 1. The van der Waals surface area contributed by atoms with Crippen LogP contribution < -0.4 is 0 Å². The molecule has 0 aromatic rings. The van der Waals surface area contributed by atoms with Gasteiger partial charge in [0.25, 0.3) is 0 Å². The van der Waals surface area contributed by atoms with Crippen LogP contribution in [0, 0.1) is 5.92 Å². The number of hydrogen-bond acceptors (Lipinski definition) is 3. The Morgan fingerprint density at radius 3 is 2.50 bits per heavy atom. The van der Waals surface area contributed by atoms with E-state index in [0.29, 0.717) is 13.0 Å². The summed E-state index contributed by atoms with van der Waals surface area (Å²) in [4.78, 5) is 24.6. The molecule has 0 heterocycles. The highest BCUT2D eigenvalue weighted by Gasteiger charge is 2.28. The fourth-order valence-corrected chi connectivity index (χ4v) is 2.54. The van der Waals surface area contributed by atoms with Crippen molar-refractivity contribution in [3.05, 3.63) is 0 Å². The van der Waals surface area contributed by atoms with Gasteiger partial charge in [0.05, 0.1) is 0 Å². The summed E-state index contributed by atoms with van der Waals surface area (Å²) in [5.74, 6) is -0.872. The summed E-state index contributed by atoms with van der Waals surface area (Å²) in [7, 11) is 1.60. The van der Waals surface area contributed by atoms with Crippen molar-refractivity contribution in [1.29, 1.82) is 0 Å². The molecule has 0 aromatic carbocycles. The smallest absolute Gasteiger partial charge is 0.323 e. The van der Waals surface area contributed by atoms with E-state index in [-0.39, 0.29) is 24.4 Å². The lowest BCUT2D eigenvalue weighted by Gasteiger charge is -2.28. The predicted molar refractivity (Wildman–Crippen MR) is 67.3 cm³/mol. The van der Waals surface area contributed by atoms with Gasteiger partial charge in [-0.1, -0.05) is 19.8 Å². The lowest BCUT2D eigenvalue weighted by atomic mass is 10.1. The van der Waals surface area contributed by atoms with E-state index in [1.165, 1.54) is 0 Å². The third-order valence-corrected chi connectivity index (χ3v) is 3.37. The zero-order valence-electron chi connectivity index (χ0n) is 11.2. The summed E-state index contributed by atoms with van der Waals surface area (Å²) < 4.78 is 5.00. The second-order valence-electron chi connectivity index (χ2n) is 5.12. The first kappa shape index (κ1) is 15.0. The van der Waals surface area contributed by atoms with Crippen LogP contribution in [-0.4, -0.2) is 48.2 Å². The maximum atomic E-state index is 12.2. The standard InChI is InChI=1S/C13H23NO4/c1-10(9-18-2)7-12(15)14(8-13(16)17)11-5-3-4-6-11/h10-11H,3-9H2,1-2H3,(H,16,17). The minimum absolute atomic E-state index is 0.0612. The van der Waals surface area contributed by atoms with E-state index in [4.69, 9.17) is 9.84 Å². The lowest BCUT2D eigenvalue weighted by Crippen LogP contribution is -2.43. The molecule has 0 aliphatic heterocycles. The molecule has 0 spiro atoms. The van der Waals surface area contributed by atoms with E-state index >= 15 is 0 Å². The largest absolute Gasteiger partial charge is 0.480 e. The van der Waals surface area contributed by atoms with E-state index in [0.717, 1.165) is 25.7 Å². The number of amides is 1. The molecular weight excluding hydrogens is 234 g/mol. The van der Waals surface area contributed by atoms with E-state index in [2.05, 4.69) is 0 Å². The third-order valence-electron chi connectivity index (χ3n) is 3.37. The van der Waals surface area contributed by atoms with Crippen LogP contribution in [0.15, 0.2) is 0 Å². The summed E-state index contributed by atoms with van der Waals surface area (Å²) in [6, 6.07) is 0.114. The normalized spacial score (nSPS) is 17.7. The molecule has 0 bridgehead atoms. The average molecular weight is 257 g/mol. The molecule has 0 saturated heterocycles.